The predicted octanol–water partition coefficient (Wildman–Crippen LogP) is 9.79. The van der Waals surface area contributed by atoms with Crippen LogP contribution >= 0.6 is 15.9 Å². The zero-order valence-electron chi connectivity index (χ0n) is 92.7. The molecule has 0 aromatic carbocycles. The largest absolute Gasteiger partial charge is 1.00 e. The van der Waals surface area contributed by atoms with E-state index < -0.39 is 18.3 Å². The quantitative estimate of drug-likeness (QED) is 0.148. The van der Waals surface area contributed by atoms with Gasteiger partial charge in [-0.15, -0.1) is 0 Å². The van der Waals surface area contributed by atoms with Crippen LogP contribution in [0.3, 0.4) is 0 Å². The average molecular weight is 2050 g/mol. The molecule has 4 N–H and O–H groups in total. The molecule has 24 rings (SSSR count). The molecular formula is C116H171B2BrN6Na2O16. The first-order valence-corrected chi connectivity index (χ1v) is 55.7. The third-order valence-corrected chi connectivity index (χ3v) is 48.9. The topological polar surface area (TPSA) is 290 Å². The first kappa shape index (κ1) is 113. The van der Waals surface area contributed by atoms with E-state index in [1.54, 1.807) is 50.7 Å². The summed E-state index contributed by atoms with van der Waals surface area (Å²) in [6, 6.07) is 1.85. The number of nitrogens with zero attached hydrogens (tertiary/aromatic N) is 6. The number of ketones is 4. The van der Waals surface area contributed by atoms with Crippen molar-refractivity contribution in [1.29, 1.82) is 0 Å². The summed E-state index contributed by atoms with van der Waals surface area (Å²) in [4.78, 5) is 134. The molecule has 0 aromatic rings. The number of aliphatic hydroxyl groups excluding tert-OH is 4. The van der Waals surface area contributed by atoms with Crippen LogP contribution in [0.4, 0.5) is 0 Å². The maximum absolute atomic E-state index is 12.8. The van der Waals surface area contributed by atoms with Gasteiger partial charge in [-0.05, 0) is 346 Å². The average Bonchev–Trinajstić information content (AvgIpc) is 1.59. The van der Waals surface area contributed by atoms with Gasteiger partial charge in [-0.3, -0.25) is 47.9 Å². The second kappa shape index (κ2) is 40.3. The summed E-state index contributed by atoms with van der Waals surface area (Å²) < 4.78 is 11.1. The van der Waals surface area contributed by atoms with Gasteiger partial charge in [-0.25, -0.2) is 0 Å². The number of carbonyl (C=O) groups excluding carboxylic acids is 10. The minimum Gasteiger partial charge on any atom is -1.00 e. The van der Waals surface area contributed by atoms with Gasteiger partial charge in [0.1, 0.15) is 18.0 Å². The molecule has 0 aromatic heterocycles. The molecule has 6 aliphatic heterocycles. The van der Waals surface area contributed by atoms with Crippen molar-refractivity contribution in [3.05, 3.63) is 72.9 Å². The summed E-state index contributed by atoms with van der Waals surface area (Å²) in [5.74, 6) is 11.8. The maximum Gasteiger partial charge on any atom is 1.00 e. The van der Waals surface area contributed by atoms with Gasteiger partial charge >= 0.3 is 59.1 Å². The number of ether oxygens (including phenoxy) is 2. The Morgan fingerprint density at radius 3 is 0.902 bits per heavy atom. The fourth-order valence-electron chi connectivity index (χ4n) is 39.9. The number of likely N-dealkylation sites (N-methyl/N-ethyl adjacent to an activating group) is 6. The normalized spacial score (nSPS) is 50.9. The molecule has 22 nitrogen and oxygen atoms in total. The first-order valence-electron chi connectivity index (χ1n) is 54.7. The van der Waals surface area contributed by atoms with E-state index in [0.29, 0.717) is 161 Å². The number of alkyl halides is 1. The Bertz CT molecular complexity index is 5050. The van der Waals surface area contributed by atoms with Crippen LogP contribution in [0.25, 0.3) is 0 Å². The number of hydrogen-bond donors (Lipinski definition) is 4. The molecule has 143 heavy (non-hydrogen) atoms. The van der Waals surface area contributed by atoms with Crippen molar-refractivity contribution in [2.45, 2.75) is 360 Å². The molecule has 43 atom stereocenters. The van der Waals surface area contributed by atoms with E-state index in [9.17, 15) is 68.4 Å². The Morgan fingerprint density at radius 1 is 0.301 bits per heavy atom. The molecule has 24 aliphatic rings. The van der Waals surface area contributed by atoms with E-state index in [1.165, 1.54) is 12.8 Å². The third-order valence-electron chi connectivity index (χ3n) is 48.1. The predicted molar refractivity (Wildman–Crippen MR) is 550 cm³/mol. The van der Waals surface area contributed by atoms with Crippen molar-refractivity contribution < 1.29 is 140 Å². The summed E-state index contributed by atoms with van der Waals surface area (Å²) in [5.41, 5.74) is -0.537. The molecular weight excluding hydrogens is 1880 g/mol. The van der Waals surface area contributed by atoms with Crippen molar-refractivity contribution in [2.24, 2.45) is 172 Å². The summed E-state index contributed by atoms with van der Waals surface area (Å²) in [5, 5.41) is 41.7. The van der Waals surface area contributed by atoms with Crippen LogP contribution in [-0.4, -0.2) is 259 Å². The molecule has 0 saturated heterocycles. The standard InChI is InChI=1S/C20H31NO3.C20H29NO3.C19H26BrNO2.C19H29NO3.C19H27NO3.C19H27NO2.2B.2Na.2H/c2*1-19-10-8-17(22)21(3)16(19)6-5-12-13(19)7-9-20(2)14(12)11-15(24-4)18(20)23;1-18-9-7-16(22)21(3)15(18)5-4-11-12(18)6-8-19(2)13(11)10-14(20)17(19)23;2*1-18-9-7-16(22)20(3)15(18)5-4-11-12(18)6-8-19(2)13(11)10-14(21)17(19)23;1-18-11-9-17(22)20(3)15(18)6-4-12-13-5-7-16(21)19(13,2)10-8-14(12)18;;;;;;/h8,10,12-16,18,23H,5-7,9,11H2,1-4H3;8,10,12-16H,5-7,9,11H2,1-4H3;7,9,11-15H,4-6,8,10H2,1-3H3;7,9,11-15,17,21,23H,4-6,8,10H2,1-3H3;7,9,11-15,21H,4-6,8,10H2,1-3H3;9,11-15H,4-8,10H2,1-3H3;;;;;;/q;;;;;;;;2*+1;2*-1/t12?,13?,14-,15-,16+,18-,19+,20-;12?,13?,14-,15-,16+,19+,20-;11?,12?,13-,14+,15+,18+,19-;11?,12?,13-,14-,15+,17-,18+,19-;11?,12?,13-,14-,15+,18+,19-;12?,13-,14?,15+,18+,19-;;;;;;/m000000....../s1. The Balaban J connectivity index is 0.000000145. The van der Waals surface area contributed by atoms with Crippen LogP contribution < -0.4 is 59.1 Å². The number of halogens is 1. The smallest absolute Gasteiger partial charge is 1.00 e. The first-order chi connectivity index (χ1) is 65.4. The monoisotopic (exact) mass is 2050 g/mol. The number of carbonyl (C=O) groups is 10. The van der Waals surface area contributed by atoms with Gasteiger partial charge in [0.25, 0.3) is 0 Å². The second-order valence-electron chi connectivity index (χ2n) is 52.8. The number of hydrogen-bond acceptors (Lipinski definition) is 16. The van der Waals surface area contributed by atoms with Gasteiger partial charge in [0.05, 0.1) is 29.2 Å². The molecule has 18 fully saturated rings. The molecule has 0 spiro atoms. The van der Waals surface area contributed by atoms with Crippen molar-refractivity contribution in [2.75, 3.05) is 56.5 Å². The molecule has 6 heterocycles. The van der Waals surface area contributed by atoms with Crippen LogP contribution in [0.2, 0.25) is 0 Å². The van der Waals surface area contributed by atoms with Crippen molar-refractivity contribution in [1.82, 2.24) is 29.4 Å². The number of amides is 6. The minimum absolute atomic E-state index is 0. The molecule has 776 valence electrons. The second-order valence-corrected chi connectivity index (χ2v) is 53.9. The molecule has 18 aliphatic carbocycles. The number of Topliss-reactive ketones (excluding diaryl/α,β-unsaturated/α-hetero) is 4. The minimum atomic E-state index is -0.763. The van der Waals surface area contributed by atoms with E-state index in [-0.39, 0.29) is 214 Å². The van der Waals surface area contributed by atoms with Crippen LogP contribution in [0.15, 0.2) is 72.9 Å². The number of methoxy groups -OCH3 is 2. The number of aliphatic hydroxyl groups is 4. The van der Waals surface area contributed by atoms with Crippen LogP contribution in [0, 0.1) is 172 Å². The van der Waals surface area contributed by atoms with Gasteiger partial charge in [0.15, 0.2) is 17.3 Å². The van der Waals surface area contributed by atoms with Gasteiger partial charge in [-0.1, -0.05) is 135 Å². The van der Waals surface area contributed by atoms with Crippen molar-refractivity contribution in [3.63, 3.8) is 0 Å². The maximum atomic E-state index is 12.8. The van der Waals surface area contributed by atoms with Gasteiger partial charge in [0.2, 0.25) is 35.4 Å². The van der Waals surface area contributed by atoms with E-state index in [1.807, 2.05) is 71.7 Å². The zero-order chi connectivity index (χ0) is 100.0. The molecule has 0 bridgehead atoms. The van der Waals surface area contributed by atoms with E-state index in [0.717, 1.165) is 180 Å². The Hall–Kier alpha value is -3.69. The summed E-state index contributed by atoms with van der Waals surface area (Å²) in [7, 11) is 15.1. The summed E-state index contributed by atoms with van der Waals surface area (Å²) in [6.07, 6.45) is 53.0. The number of fused-ring (bicyclic) bond motifs is 30. The summed E-state index contributed by atoms with van der Waals surface area (Å²) >= 11 is 3.63. The SMILES string of the molecule is CN1C(=O)C=C[C@]2(C)C3CC[C@@]4(C)[C@@H](C[C@H](O)[C@@H]4O)C3CC[C@@H]12.CN1C(=O)C=C[C@]2(C)C3CC[C@]4(C)C(=O)CC[C@H]4C3CC[C@@H]12.CN1C(=O)C=C[C@]2(C)C3CC[C@]4(C)C(=O)[C@@H](O)C[C@H]4C3CC[C@@H]12.CN1C(=O)C=C[C@]2(C)C3CC[C@]4(C)C(=O)[C@H](Br)C[C@H]4C3CC[C@@H]12.CO[C@H]1C[C@H]2C3CC[C@H]4N(C)C(=O)C=C[C@]4(C)C3CC[C@]2(C)C1=O.CO[C@H]1C[C@H]2C3CC[C@H]4N(C)C(=O)C=C[C@]4(C)C3CC[C@]2(C)[C@H]1O.[B].[B].[H-].[H-].[Na+].[Na+]. The Morgan fingerprint density at radius 2 is 0.573 bits per heavy atom. The van der Waals surface area contributed by atoms with Crippen LogP contribution in [-0.2, 0) is 57.4 Å². The van der Waals surface area contributed by atoms with E-state index >= 15 is 0 Å². The molecule has 6 amide bonds. The van der Waals surface area contributed by atoms with Gasteiger partial charge in [0, 0.05) is 170 Å². The van der Waals surface area contributed by atoms with Crippen molar-refractivity contribution >= 4 is 91.3 Å². The molecule has 6 radical (unpaired) electrons. The van der Waals surface area contributed by atoms with Crippen LogP contribution in [0.5, 0.6) is 0 Å². The molecule has 12 unspecified atom stereocenters. The Labute approximate surface area is 913 Å². The summed E-state index contributed by atoms with van der Waals surface area (Å²) in [6.45, 7) is 27.1. The van der Waals surface area contributed by atoms with Crippen molar-refractivity contribution in [3.8, 4) is 0 Å². The molecule has 18 saturated carbocycles. The number of rotatable bonds is 2. The third kappa shape index (κ3) is 17.1. The zero-order valence-corrected chi connectivity index (χ0v) is 96.2. The fraction of sp³-hybridized carbons (Fsp3) is 0.810. The van der Waals surface area contributed by atoms with E-state index in [4.69, 9.17) is 9.47 Å². The Kier molecular flexibility index (Phi) is 32.0. The van der Waals surface area contributed by atoms with Gasteiger partial charge < -0.3 is 62.2 Å². The van der Waals surface area contributed by atoms with E-state index in [2.05, 4.69) is 135 Å². The fourth-order valence-corrected chi connectivity index (χ4v) is 40.8. The van der Waals surface area contributed by atoms with Crippen LogP contribution in [0.1, 0.15) is 285 Å². The molecule has 27 heteroatoms. The van der Waals surface area contributed by atoms with Gasteiger partial charge in [-0.2, -0.15) is 0 Å².